The fraction of sp³-hybridized carbons (Fsp3) is 0.400. The number of aryl methyl sites for hydroxylation is 1. The van der Waals surface area contributed by atoms with Crippen molar-refractivity contribution in [1.82, 2.24) is 9.97 Å². The van der Waals surface area contributed by atoms with E-state index in [9.17, 15) is 0 Å². The standard InChI is InChI=1S/C10H11N3S2/c11-6-2-1-3-7-8(6)13-10(15-7)9-12-4-5-14-9/h4-6H,1-3,11H2. The van der Waals surface area contributed by atoms with E-state index in [2.05, 4.69) is 9.97 Å². The van der Waals surface area contributed by atoms with E-state index in [4.69, 9.17) is 5.73 Å². The molecule has 0 aromatic carbocycles. The average Bonchev–Trinajstić information content (AvgIpc) is 2.86. The van der Waals surface area contributed by atoms with Crippen LogP contribution in [0.3, 0.4) is 0 Å². The van der Waals surface area contributed by atoms with Gasteiger partial charge in [0.1, 0.15) is 0 Å². The molecule has 3 nitrogen and oxygen atoms in total. The quantitative estimate of drug-likeness (QED) is 0.829. The van der Waals surface area contributed by atoms with E-state index in [0.29, 0.717) is 0 Å². The maximum absolute atomic E-state index is 6.04. The largest absolute Gasteiger partial charge is 0.323 e. The van der Waals surface area contributed by atoms with E-state index < -0.39 is 0 Å². The van der Waals surface area contributed by atoms with Crippen LogP contribution in [0.4, 0.5) is 0 Å². The van der Waals surface area contributed by atoms with Gasteiger partial charge in [-0.2, -0.15) is 0 Å². The fourth-order valence-corrected chi connectivity index (χ4v) is 3.73. The highest BCUT2D eigenvalue weighted by atomic mass is 32.1. The fourth-order valence-electron chi connectivity index (χ4n) is 1.87. The van der Waals surface area contributed by atoms with Crippen molar-refractivity contribution < 1.29 is 0 Å². The zero-order valence-corrected chi connectivity index (χ0v) is 9.77. The first-order valence-corrected chi connectivity index (χ1v) is 6.69. The molecule has 0 radical (unpaired) electrons. The molecule has 5 heteroatoms. The highest BCUT2D eigenvalue weighted by Gasteiger charge is 2.22. The third-order valence-corrected chi connectivity index (χ3v) is 4.66. The molecule has 1 atom stereocenters. The Kier molecular flexibility index (Phi) is 2.31. The monoisotopic (exact) mass is 237 g/mol. The van der Waals surface area contributed by atoms with Crippen LogP contribution >= 0.6 is 22.7 Å². The second kappa shape index (κ2) is 3.66. The number of thiazole rings is 2. The van der Waals surface area contributed by atoms with Gasteiger partial charge in [-0.3, -0.25) is 0 Å². The van der Waals surface area contributed by atoms with Gasteiger partial charge in [0.15, 0.2) is 10.0 Å². The molecule has 2 aromatic heterocycles. The normalized spacial score (nSPS) is 20.2. The van der Waals surface area contributed by atoms with Crippen LogP contribution in [0.2, 0.25) is 0 Å². The number of nitrogens with zero attached hydrogens (tertiary/aromatic N) is 2. The van der Waals surface area contributed by atoms with Gasteiger partial charge in [0.25, 0.3) is 0 Å². The summed E-state index contributed by atoms with van der Waals surface area (Å²) in [5, 5.41) is 4.03. The van der Waals surface area contributed by atoms with Crippen molar-refractivity contribution in [3.05, 3.63) is 22.1 Å². The first-order valence-electron chi connectivity index (χ1n) is 4.99. The van der Waals surface area contributed by atoms with Crippen LogP contribution in [0.25, 0.3) is 10.0 Å². The Balaban J connectivity index is 2.06. The number of fused-ring (bicyclic) bond motifs is 1. The maximum Gasteiger partial charge on any atom is 0.152 e. The van der Waals surface area contributed by atoms with Crippen molar-refractivity contribution in [3.63, 3.8) is 0 Å². The Labute approximate surface area is 96.0 Å². The van der Waals surface area contributed by atoms with E-state index in [1.807, 2.05) is 11.6 Å². The van der Waals surface area contributed by atoms with Gasteiger partial charge in [-0.05, 0) is 19.3 Å². The molecule has 1 unspecified atom stereocenters. The molecule has 2 heterocycles. The highest BCUT2D eigenvalue weighted by molar-refractivity contribution is 7.20. The van der Waals surface area contributed by atoms with E-state index in [1.54, 1.807) is 22.7 Å². The van der Waals surface area contributed by atoms with Gasteiger partial charge < -0.3 is 5.73 Å². The van der Waals surface area contributed by atoms with Crippen molar-refractivity contribution in [3.8, 4) is 10.0 Å². The summed E-state index contributed by atoms with van der Waals surface area (Å²) in [7, 11) is 0. The number of nitrogens with two attached hydrogens (primary N) is 1. The molecular weight excluding hydrogens is 226 g/mol. The van der Waals surface area contributed by atoms with Crippen LogP contribution in [-0.4, -0.2) is 9.97 Å². The highest BCUT2D eigenvalue weighted by Crippen LogP contribution is 2.36. The molecule has 2 N–H and O–H groups in total. The van der Waals surface area contributed by atoms with Crippen molar-refractivity contribution in [2.75, 3.05) is 0 Å². The molecule has 15 heavy (non-hydrogen) atoms. The van der Waals surface area contributed by atoms with Gasteiger partial charge in [0.2, 0.25) is 0 Å². The SMILES string of the molecule is NC1CCCc2sc(-c3nccs3)nc21. The maximum atomic E-state index is 6.04. The van der Waals surface area contributed by atoms with Crippen molar-refractivity contribution in [1.29, 1.82) is 0 Å². The van der Waals surface area contributed by atoms with Gasteiger partial charge in [-0.1, -0.05) is 0 Å². The molecular formula is C10H11N3S2. The number of aromatic nitrogens is 2. The Hall–Kier alpha value is -0.780. The van der Waals surface area contributed by atoms with Gasteiger partial charge in [0, 0.05) is 22.5 Å². The zero-order valence-electron chi connectivity index (χ0n) is 8.14. The van der Waals surface area contributed by atoms with E-state index in [0.717, 1.165) is 28.6 Å². The smallest absolute Gasteiger partial charge is 0.152 e. The van der Waals surface area contributed by atoms with Crippen LogP contribution in [0, 0.1) is 0 Å². The summed E-state index contributed by atoms with van der Waals surface area (Å²) < 4.78 is 0. The summed E-state index contributed by atoms with van der Waals surface area (Å²) in [6, 6.07) is 0.138. The molecule has 2 aromatic rings. The molecule has 0 fully saturated rings. The van der Waals surface area contributed by atoms with Crippen LogP contribution in [0.5, 0.6) is 0 Å². The average molecular weight is 237 g/mol. The van der Waals surface area contributed by atoms with Gasteiger partial charge >= 0.3 is 0 Å². The molecule has 1 aliphatic carbocycles. The summed E-state index contributed by atoms with van der Waals surface area (Å²) in [5.74, 6) is 0. The van der Waals surface area contributed by atoms with Crippen molar-refractivity contribution in [2.24, 2.45) is 5.73 Å². The number of hydrogen-bond donors (Lipinski definition) is 1. The zero-order chi connectivity index (χ0) is 10.3. The molecule has 0 saturated carbocycles. The van der Waals surface area contributed by atoms with E-state index in [1.165, 1.54) is 11.3 Å². The third-order valence-electron chi connectivity index (χ3n) is 2.61. The molecule has 0 amide bonds. The Morgan fingerprint density at radius 3 is 3.07 bits per heavy atom. The van der Waals surface area contributed by atoms with Gasteiger partial charge in [0.05, 0.1) is 5.69 Å². The summed E-state index contributed by atoms with van der Waals surface area (Å²) >= 11 is 3.39. The molecule has 1 aliphatic rings. The summed E-state index contributed by atoms with van der Waals surface area (Å²) in [6.45, 7) is 0. The Morgan fingerprint density at radius 2 is 2.33 bits per heavy atom. The summed E-state index contributed by atoms with van der Waals surface area (Å²) in [5.41, 5.74) is 7.15. The second-order valence-corrected chi connectivity index (χ2v) is 5.64. The van der Waals surface area contributed by atoms with E-state index >= 15 is 0 Å². The lowest BCUT2D eigenvalue weighted by atomic mass is 9.99. The molecule has 3 rings (SSSR count). The lowest BCUT2D eigenvalue weighted by molar-refractivity contribution is 0.564. The van der Waals surface area contributed by atoms with Crippen LogP contribution in [0.15, 0.2) is 11.6 Å². The predicted molar refractivity (Wildman–Crippen MR) is 63.1 cm³/mol. The first-order chi connectivity index (χ1) is 7.34. The van der Waals surface area contributed by atoms with Crippen LogP contribution < -0.4 is 5.73 Å². The third kappa shape index (κ3) is 1.60. The number of rotatable bonds is 1. The van der Waals surface area contributed by atoms with E-state index in [-0.39, 0.29) is 6.04 Å². The summed E-state index contributed by atoms with van der Waals surface area (Å²) in [4.78, 5) is 10.3. The Morgan fingerprint density at radius 1 is 1.40 bits per heavy atom. The Bertz CT molecular complexity index is 461. The lowest BCUT2D eigenvalue weighted by Gasteiger charge is -2.15. The summed E-state index contributed by atoms with van der Waals surface area (Å²) in [6.07, 6.45) is 5.20. The lowest BCUT2D eigenvalue weighted by Crippen LogP contribution is -2.16. The molecule has 0 aliphatic heterocycles. The van der Waals surface area contributed by atoms with Crippen LogP contribution in [-0.2, 0) is 6.42 Å². The molecule has 0 bridgehead atoms. The minimum Gasteiger partial charge on any atom is -0.323 e. The second-order valence-electron chi connectivity index (χ2n) is 3.66. The van der Waals surface area contributed by atoms with Crippen LogP contribution in [0.1, 0.15) is 29.5 Å². The molecule has 0 spiro atoms. The number of hydrogen-bond acceptors (Lipinski definition) is 5. The molecule has 78 valence electrons. The topological polar surface area (TPSA) is 51.8 Å². The van der Waals surface area contributed by atoms with Crippen molar-refractivity contribution in [2.45, 2.75) is 25.3 Å². The van der Waals surface area contributed by atoms with Gasteiger partial charge in [-0.15, -0.1) is 22.7 Å². The van der Waals surface area contributed by atoms with Gasteiger partial charge in [-0.25, -0.2) is 9.97 Å². The first kappa shape index (κ1) is 9.45. The van der Waals surface area contributed by atoms with Crippen molar-refractivity contribution >= 4 is 22.7 Å². The minimum atomic E-state index is 0.138. The minimum absolute atomic E-state index is 0.138. The molecule has 0 saturated heterocycles. The predicted octanol–water partition coefficient (Wildman–Crippen LogP) is 2.60.